The van der Waals surface area contributed by atoms with E-state index in [1.165, 1.54) is 6.07 Å². The van der Waals surface area contributed by atoms with E-state index in [9.17, 15) is 21.4 Å². The summed E-state index contributed by atoms with van der Waals surface area (Å²) in [5.74, 6) is 0.692. The van der Waals surface area contributed by atoms with Crippen LogP contribution in [0.3, 0.4) is 0 Å². The van der Waals surface area contributed by atoms with Gasteiger partial charge < -0.3 is 30.6 Å². The smallest absolute Gasteiger partial charge is 0.294 e. The van der Waals surface area contributed by atoms with Crippen molar-refractivity contribution in [1.82, 2.24) is 0 Å². The fourth-order valence-electron chi connectivity index (χ4n) is 6.72. The van der Waals surface area contributed by atoms with Gasteiger partial charge in [0.1, 0.15) is 17.2 Å². The Morgan fingerprint density at radius 1 is 0.561 bits per heavy atom. The molecule has 0 saturated heterocycles. The number of aryl methyl sites for hydroxylation is 6. The van der Waals surface area contributed by atoms with Crippen LogP contribution in [0.1, 0.15) is 39.8 Å². The van der Waals surface area contributed by atoms with Gasteiger partial charge >= 0.3 is 0 Å². The summed E-state index contributed by atoms with van der Waals surface area (Å²) in [5.41, 5.74) is 17.1. The zero-order valence-corrected chi connectivity index (χ0v) is 39.3. The monoisotopic (exact) mass is 937 g/mol. The fourth-order valence-corrected chi connectivity index (χ4v) is 7.73. The number of hydrogen-bond donors (Lipinski definition) is 5. The molecule has 0 heterocycles. The van der Waals surface area contributed by atoms with Crippen molar-refractivity contribution in [2.24, 2.45) is 30.7 Å². The Kier molecular flexibility index (Phi) is 15.0. The first kappa shape index (κ1) is 48.5. The highest BCUT2D eigenvalue weighted by atomic mass is 32.2. The lowest BCUT2D eigenvalue weighted by atomic mass is 10.1. The van der Waals surface area contributed by atoms with Crippen molar-refractivity contribution in [1.29, 1.82) is 0 Å². The molecule has 0 fully saturated rings. The topological polar surface area (TPSA) is 261 Å². The molecule has 0 aliphatic rings. The molecule has 20 heteroatoms. The first-order valence-corrected chi connectivity index (χ1v) is 23.5. The van der Waals surface area contributed by atoms with Crippen molar-refractivity contribution < 1.29 is 40.2 Å². The van der Waals surface area contributed by atoms with E-state index in [0.29, 0.717) is 63.1 Å². The van der Waals surface area contributed by atoms with E-state index in [-0.39, 0.29) is 18.8 Å². The predicted octanol–water partition coefficient (Wildman–Crippen LogP) is 11.9. The summed E-state index contributed by atoms with van der Waals surface area (Å²) in [7, 11) is -5.62. The number of nitrogen functional groups attached to an aromatic ring is 1. The molecule has 346 valence electrons. The second kappa shape index (κ2) is 20.4. The van der Waals surface area contributed by atoms with Crippen LogP contribution in [0.4, 0.5) is 51.2 Å². The van der Waals surface area contributed by atoms with Crippen molar-refractivity contribution in [2.75, 3.05) is 49.6 Å². The summed E-state index contributed by atoms with van der Waals surface area (Å²) < 4.78 is 82.0. The van der Waals surface area contributed by atoms with Crippen LogP contribution < -0.4 is 30.6 Å². The number of benzene rings is 6. The van der Waals surface area contributed by atoms with E-state index in [2.05, 4.69) is 41.3 Å². The summed E-state index contributed by atoms with van der Waals surface area (Å²) in [6.07, 6.45) is -0.0587. The van der Waals surface area contributed by atoms with Crippen molar-refractivity contribution in [2.45, 2.75) is 52.9 Å². The maximum absolute atomic E-state index is 11.9. The molecule has 0 unspecified atom stereocenters. The molecule has 0 spiro atoms. The Bertz CT molecular complexity index is 3140. The number of rotatable bonds is 18. The zero-order chi connectivity index (χ0) is 47.9. The molecule has 0 aliphatic carbocycles. The molecular weight excluding hydrogens is 887 g/mol. The number of ether oxygens (including phenoxy) is 3. The highest BCUT2D eigenvalue weighted by Crippen LogP contribution is 2.38. The second-order valence-corrected chi connectivity index (χ2v) is 18.5. The third-order valence-corrected chi connectivity index (χ3v) is 12.1. The molecule has 0 aromatic heterocycles. The molecule has 0 bridgehead atoms. The molecule has 0 amide bonds. The first-order valence-electron chi connectivity index (χ1n) is 20.4. The molecule has 0 saturated carbocycles. The molecule has 6 aromatic rings. The lowest BCUT2D eigenvalue weighted by molar-refractivity contribution is 0.319. The summed E-state index contributed by atoms with van der Waals surface area (Å²) >= 11 is 0. The SMILES string of the molecule is COc1cc(N=Nc2cc(C)c(N)cc2C)c(C)cc1NCNc1cc(C)c(N=Nc2cc(C)c(N=Nc3ccc4cc(S(=O)(=O)O)cc(OCCCS(=O)(=O)O)c4c3)cc2C)cc1OC. The number of methoxy groups -OCH3 is 2. The van der Waals surface area contributed by atoms with Gasteiger partial charge in [0.05, 0.1) is 83.6 Å². The van der Waals surface area contributed by atoms with Gasteiger partial charge in [-0.25, -0.2) is 0 Å². The van der Waals surface area contributed by atoms with Crippen LogP contribution in [0.2, 0.25) is 0 Å². The average Bonchev–Trinajstić information content (AvgIpc) is 3.25. The Labute approximate surface area is 383 Å². The van der Waals surface area contributed by atoms with Gasteiger partial charge in [0.2, 0.25) is 0 Å². The molecular formula is C46H51N9O9S2. The minimum absolute atomic E-state index is 0.0587. The number of nitrogens with two attached hydrogens (primary N) is 1. The van der Waals surface area contributed by atoms with Gasteiger partial charge in [0.15, 0.2) is 0 Å². The van der Waals surface area contributed by atoms with E-state index < -0.39 is 30.9 Å². The number of anilines is 3. The molecule has 6 aromatic carbocycles. The van der Waals surface area contributed by atoms with E-state index >= 15 is 0 Å². The number of azo groups is 3. The van der Waals surface area contributed by atoms with Crippen LogP contribution in [0.25, 0.3) is 10.8 Å². The minimum atomic E-state index is -4.58. The fraction of sp³-hybridized carbons (Fsp3) is 0.261. The molecule has 0 radical (unpaired) electrons. The lowest BCUT2D eigenvalue weighted by Gasteiger charge is -2.17. The third kappa shape index (κ3) is 12.2. The van der Waals surface area contributed by atoms with Crippen molar-refractivity contribution in [3.05, 3.63) is 112 Å². The van der Waals surface area contributed by atoms with Gasteiger partial charge in [0, 0.05) is 29.3 Å². The molecule has 66 heavy (non-hydrogen) atoms. The van der Waals surface area contributed by atoms with E-state index in [1.807, 2.05) is 90.1 Å². The molecule has 18 nitrogen and oxygen atoms in total. The van der Waals surface area contributed by atoms with Crippen LogP contribution >= 0.6 is 0 Å². The predicted molar refractivity (Wildman–Crippen MR) is 257 cm³/mol. The van der Waals surface area contributed by atoms with Gasteiger partial charge in [-0.2, -0.15) is 47.5 Å². The van der Waals surface area contributed by atoms with Crippen LogP contribution in [-0.4, -0.2) is 59.2 Å². The van der Waals surface area contributed by atoms with Crippen molar-refractivity contribution in [3.63, 3.8) is 0 Å². The second-order valence-electron chi connectivity index (χ2n) is 15.5. The van der Waals surface area contributed by atoms with Gasteiger partial charge in [-0.05, 0) is 141 Å². The van der Waals surface area contributed by atoms with Crippen LogP contribution in [0.15, 0.2) is 114 Å². The van der Waals surface area contributed by atoms with Gasteiger partial charge in [-0.15, -0.1) is 0 Å². The van der Waals surface area contributed by atoms with Crippen LogP contribution in [0.5, 0.6) is 17.2 Å². The summed E-state index contributed by atoms with van der Waals surface area (Å²) in [6.45, 7) is 11.7. The van der Waals surface area contributed by atoms with Crippen molar-refractivity contribution in [3.8, 4) is 17.2 Å². The Hall–Kier alpha value is -7.00. The summed E-state index contributed by atoms with van der Waals surface area (Å²) in [4.78, 5) is -0.401. The standard InChI is InChI=1S/C46H51N9O9S2/c1-26-15-37(27(2)14-36(26)47)52-54-40-23-45(62-7)42(18-30(40)5)48-25-49-43-19-31(6)41(24-46(43)63-8)55-53-39-17-28(3)38(16-29(39)4)51-50-33-11-10-32-20-34(66(59,60)61)22-44(35(32)21-33)64-12-9-13-65(56,57)58/h10-11,14-24,48-49H,9,12-13,25,47H2,1-8H3,(H,56,57,58)(H,59,60,61). The summed E-state index contributed by atoms with van der Waals surface area (Å²) in [6, 6.07) is 22.3. The van der Waals surface area contributed by atoms with Gasteiger partial charge in [-0.1, -0.05) is 6.07 Å². The van der Waals surface area contributed by atoms with Crippen LogP contribution in [0, 0.1) is 41.5 Å². The third-order valence-electron chi connectivity index (χ3n) is 10.5. The molecule has 6 N–H and O–H groups in total. The van der Waals surface area contributed by atoms with Crippen molar-refractivity contribution >= 4 is 82.2 Å². The highest BCUT2D eigenvalue weighted by Gasteiger charge is 2.17. The number of nitrogens with one attached hydrogen (secondary N) is 2. The molecule has 6 rings (SSSR count). The Morgan fingerprint density at radius 3 is 1.53 bits per heavy atom. The number of fused-ring (bicyclic) bond motifs is 1. The largest absolute Gasteiger partial charge is 0.495 e. The van der Waals surface area contributed by atoms with Gasteiger partial charge in [-0.3, -0.25) is 9.11 Å². The molecule has 0 aliphatic heterocycles. The summed E-state index contributed by atoms with van der Waals surface area (Å²) in [5, 5.41) is 34.6. The Morgan fingerprint density at radius 2 is 1.03 bits per heavy atom. The maximum Gasteiger partial charge on any atom is 0.294 e. The van der Waals surface area contributed by atoms with Gasteiger partial charge in [0.25, 0.3) is 20.2 Å². The lowest BCUT2D eigenvalue weighted by Crippen LogP contribution is -2.13. The Balaban J connectivity index is 1.13. The average molecular weight is 938 g/mol. The molecule has 0 atom stereocenters. The zero-order valence-electron chi connectivity index (χ0n) is 37.7. The normalized spacial score (nSPS) is 12.2. The highest BCUT2D eigenvalue weighted by molar-refractivity contribution is 7.86. The van der Waals surface area contributed by atoms with Crippen LogP contribution in [-0.2, 0) is 20.2 Å². The van der Waals surface area contributed by atoms with E-state index in [0.717, 1.165) is 56.5 Å². The number of hydrogen-bond acceptors (Lipinski definition) is 16. The number of nitrogens with zero attached hydrogens (tertiary/aromatic N) is 6. The van der Waals surface area contributed by atoms with E-state index in [1.54, 1.807) is 32.4 Å². The minimum Gasteiger partial charge on any atom is -0.495 e. The maximum atomic E-state index is 11.9. The van der Waals surface area contributed by atoms with E-state index in [4.69, 9.17) is 24.5 Å². The quantitative estimate of drug-likeness (QED) is 0.0177. The first-order chi connectivity index (χ1) is 31.2.